The summed E-state index contributed by atoms with van der Waals surface area (Å²) in [6, 6.07) is 18.5. The molecule has 0 spiro atoms. The van der Waals surface area contributed by atoms with Crippen LogP contribution in [-0.4, -0.2) is 13.1 Å². The molecule has 150 valence electrons. The largest absolute Gasteiger partial charge is 0.497 e. The van der Waals surface area contributed by atoms with Crippen molar-refractivity contribution in [1.82, 2.24) is 0 Å². The number of ether oxygens (including phenoxy) is 3. The Balaban J connectivity index is 1.58. The monoisotopic (exact) mass is 402 g/mol. The van der Waals surface area contributed by atoms with Crippen molar-refractivity contribution in [2.24, 2.45) is 0 Å². The van der Waals surface area contributed by atoms with E-state index in [1.54, 1.807) is 49.6 Å². The van der Waals surface area contributed by atoms with E-state index in [0.29, 0.717) is 22.4 Å². The lowest BCUT2D eigenvalue weighted by Gasteiger charge is -2.08. The van der Waals surface area contributed by atoms with Crippen molar-refractivity contribution in [2.45, 2.75) is 6.92 Å². The average molecular weight is 402 g/mol. The Morgan fingerprint density at radius 1 is 0.900 bits per heavy atom. The Bertz CT molecular complexity index is 1270. The minimum atomic E-state index is -0.491. The summed E-state index contributed by atoms with van der Waals surface area (Å²) in [5.41, 5.74) is 1.43. The molecule has 4 rings (SSSR count). The van der Waals surface area contributed by atoms with E-state index in [4.69, 9.17) is 18.6 Å². The molecule has 0 fully saturated rings. The maximum absolute atomic E-state index is 12.8. The van der Waals surface area contributed by atoms with Gasteiger partial charge < -0.3 is 18.6 Å². The number of aryl methyl sites for hydroxylation is 1. The number of benzene rings is 3. The molecule has 1 heterocycles. The normalized spacial score (nSPS) is 10.6. The molecule has 0 aliphatic rings. The van der Waals surface area contributed by atoms with E-state index in [9.17, 15) is 9.59 Å². The molecule has 3 aromatic carbocycles. The smallest absolute Gasteiger partial charge is 0.343 e. The van der Waals surface area contributed by atoms with Crippen LogP contribution in [0.2, 0.25) is 0 Å². The first-order valence-electron chi connectivity index (χ1n) is 9.20. The Labute approximate surface area is 172 Å². The topological polar surface area (TPSA) is 75.0 Å². The molecule has 30 heavy (non-hydrogen) atoms. The summed E-state index contributed by atoms with van der Waals surface area (Å²) >= 11 is 0. The van der Waals surface area contributed by atoms with Crippen molar-refractivity contribution in [2.75, 3.05) is 7.11 Å². The molecule has 0 saturated carbocycles. The minimum Gasteiger partial charge on any atom is -0.497 e. The van der Waals surface area contributed by atoms with Gasteiger partial charge >= 0.3 is 5.97 Å². The summed E-state index contributed by atoms with van der Waals surface area (Å²) in [7, 11) is 1.55. The van der Waals surface area contributed by atoms with E-state index in [2.05, 4.69) is 0 Å². The highest BCUT2D eigenvalue weighted by atomic mass is 16.5. The lowest BCUT2D eigenvalue weighted by Crippen LogP contribution is -2.09. The van der Waals surface area contributed by atoms with Crippen LogP contribution in [0.5, 0.6) is 23.0 Å². The van der Waals surface area contributed by atoms with Crippen molar-refractivity contribution in [3.05, 3.63) is 94.3 Å². The van der Waals surface area contributed by atoms with Crippen LogP contribution < -0.4 is 19.6 Å². The van der Waals surface area contributed by atoms with Gasteiger partial charge in [0.25, 0.3) is 0 Å². The highest BCUT2D eigenvalue weighted by Crippen LogP contribution is 2.26. The lowest BCUT2D eigenvalue weighted by atomic mass is 10.1. The first-order valence-corrected chi connectivity index (χ1v) is 9.20. The number of rotatable bonds is 5. The average Bonchev–Trinajstić information content (AvgIpc) is 2.76. The third-order valence-electron chi connectivity index (χ3n) is 4.48. The zero-order valence-corrected chi connectivity index (χ0v) is 16.4. The number of esters is 1. The van der Waals surface area contributed by atoms with Crippen LogP contribution in [0.4, 0.5) is 0 Å². The van der Waals surface area contributed by atoms with E-state index in [0.717, 1.165) is 5.56 Å². The summed E-state index contributed by atoms with van der Waals surface area (Å²) in [5, 5.41) is 0.311. The maximum Gasteiger partial charge on any atom is 0.343 e. The van der Waals surface area contributed by atoms with Crippen LogP contribution in [0.1, 0.15) is 15.9 Å². The van der Waals surface area contributed by atoms with Crippen LogP contribution in [-0.2, 0) is 0 Å². The SMILES string of the molecule is COc1cccc(Oc2coc3cc(OC(=O)c4ccc(C)cc4)ccc3c2=O)c1. The maximum atomic E-state index is 12.8. The fourth-order valence-corrected chi connectivity index (χ4v) is 2.87. The molecule has 0 saturated heterocycles. The molecule has 0 aliphatic carbocycles. The van der Waals surface area contributed by atoms with Crippen molar-refractivity contribution in [3.63, 3.8) is 0 Å². The molecule has 6 heteroatoms. The van der Waals surface area contributed by atoms with Crippen molar-refractivity contribution >= 4 is 16.9 Å². The van der Waals surface area contributed by atoms with Gasteiger partial charge in [-0.3, -0.25) is 4.79 Å². The number of carbonyl (C=O) groups is 1. The van der Waals surface area contributed by atoms with Gasteiger partial charge in [0.2, 0.25) is 11.2 Å². The molecule has 6 nitrogen and oxygen atoms in total. The van der Waals surface area contributed by atoms with Crippen LogP contribution in [0.25, 0.3) is 11.0 Å². The first-order chi connectivity index (χ1) is 14.5. The van der Waals surface area contributed by atoms with Gasteiger partial charge in [0.05, 0.1) is 18.1 Å². The second-order valence-corrected chi connectivity index (χ2v) is 6.62. The predicted molar refractivity (Wildman–Crippen MR) is 112 cm³/mol. The van der Waals surface area contributed by atoms with Gasteiger partial charge in [-0.15, -0.1) is 0 Å². The van der Waals surface area contributed by atoms with E-state index in [1.807, 2.05) is 19.1 Å². The highest BCUT2D eigenvalue weighted by Gasteiger charge is 2.13. The van der Waals surface area contributed by atoms with Gasteiger partial charge in [-0.05, 0) is 43.3 Å². The zero-order chi connectivity index (χ0) is 21.1. The van der Waals surface area contributed by atoms with Gasteiger partial charge in [-0.1, -0.05) is 23.8 Å². The van der Waals surface area contributed by atoms with Crippen LogP contribution in [0.15, 0.2) is 82.2 Å². The molecule has 0 unspecified atom stereocenters. The predicted octanol–water partition coefficient (Wildman–Crippen LogP) is 5.12. The van der Waals surface area contributed by atoms with E-state index < -0.39 is 5.97 Å². The van der Waals surface area contributed by atoms with Gasteiger partial charge in [-0.2, -0.15) is 0 Å². The number of hydrogen-bond acceptors (Lipinski definition) is 6. The first kappa shape index (κ1) is 19.3. The third-order valence-corrected chi connectivity index (χ3v) is 4.48. The second kappa shape index (κ2) is 8.13. The number of hydrogen-bond donors (Lipinski definition) is 0. The summed E-state index contributed by atoms with van der Waals surface area (Å²) in [6.07, 6.45) is 1.23. The number of methoxy groups -OCH3 is 1. The Hall–Kier alpha value is -4.06. The Morgan fingerprint density at radius 2 is 1.67 bits per heavy atom. The third kappa shape index (κ3) is 4.03. The summed E-state index contributed by atoms with van der Waals surface area (Å²) < 4.78 is 21.7. The molecule has 1 aromatic heterocycles. The molecule has 0 radical (unpaired) electrons. The van der Waals surface area contributed by atoms with E-state index in [1.165, 1.54) is 18.4 Å². The molecule has 0 amide bonds. The zero-order valence-electron chi connectivity index (χ0n) is 16.4. The molecule has 0 atom stereocenters. The van der Waals surface area contributed by atoms with Gasteiger partial charge in [-0.25, -0.2) is 4.79 Å². The fraction of sp³-hybridized carbons (Fsp3) is 0.0833. The summed E-state index contributed by atoms with van der Waals surface area (Å²) in [6.45, 7) is 1.94. The molecule has 0 aliphatic heterocycles. The standard InChI is InChI=1S/C24H18O6/c1-15-6-8-16(9-7-15)24(26)30-19-10-11-20-21(13-19)28-14-22(23(20)25)29-18-5-3-4-17(12-18)27-2/h3-14H,1-2H3. The van der Waals surface area contributed by atoms with E-state index in [-0.39, 0.29) is 22.5 Å². The van der Waals surface area contributed by atoms with Crippen molar-refractivity contribution in [3.8, 4) is 23.0 Å². The summed E-state index contributed by atoms with van der Waals surface area (Å²) in [5.74, 6) is 0.884. The van der Waals surface area contributed by atoms with Crippen LogP contribution >= 0.6 is 0 Å². The number of carbonyl (C=O) groups excluding carboxylic acids is 1. The fourth-order valence-electron chi connectivity index (χ4n) is 2.87. The molecule has 0 N–H and O–H groups in total. The van der Waals surface area contributed by atoms with E-state index >= 15 is 0 Å². The molecule has 0 bridgehead atoms. The van der Waals surface area contributed by atoms with Crippen molar-refractivity contribution in [1.29, 1.82) is 0 Å². The van der Waals surface area contributed by atoms with Gasteiger partial charge in [0.1, 0.15) is 29.1 Å². The quantitative estimate of drug-likeness (QED) is 0.341. The number of fused-ring (bicyclic) bond motifs is 1. The molecule has 4 aromatic rings. The van der Waals surface area contributed by atoms with Gasteiger partial charge in [0, 0.05) is 12.1 Å². The van der Waals surface area contributed by atoms with Crippen molar-refractivity contribution < 1.29 is 23.4 Å². The van der Waals surface area contributed by atoms with Crippen LogP contribution in [0, 0.1) is 6.92 Å². The Kier molecular flexibility index (Phi) is 5.22. The lowest BCUT2D eigenvalue weighted by molar-refractivity contribution is 0.0735. The van der Waals surface area contributed by atoms with Crippen LogP contribution in [0.3, 0.4) is 0 Å². The minimum absolute atomic E-state index is 0.0418. The van der Waals surface area contributed by atoms with Gasteiger partial charge in [0.15, 0.2) is 0 Å². The highest BCUT2D eigenvalue weighted by molar-refractivity contribution is 5.91. The molecular weight excluding hydrogens is 384 g/mol. The second-order valence-electron chi connectivity index (χ2n) is 6.62. The Morgan fingerprint density at radius 3 is 2.43 bits per heavy atom. The summed E-state index contributed by atoms with van der Waals surface area (Å²) in [4.78, 5) is 25.0. The molecular formula is C24H18O6.